The van der Waals surface area contributed by atoms with Crippen LogP contribution in [-0.2, 0) is 19.1 Å². The molecule has 3 fully saturated rings. The largest absolute Gasteiger partial charge is 0.490 e. The maximum absolute atomic E-state index is 13.1. The van der Waals surface area contributed by atoms with Gasteiger partial charge in [0.1, 0.15) is 11.9 Å². The van der Waals surface area contributed by atoms with E-state index in [4.69, 9.17) is 14.2 Å². The molecule has 3 saturated heterocycles. The van der Waals surface area contributed by atoms with Crippen LogP contribution < -0.4 is 15.4 Å². The molecule has 9 nitrogen and oxygen atoms in total. The Balaban J connectivity index is 1.27. The number of benzene rings is 1. The molecular formula is C27H39N3O6. The normalized spacial score (nSPS) is 29.1. The fourth-order valence-corrected chi connectivity index (χ4v) is 6.07. The van der Waals surface area contributed by atoms with Crippen LogP contribution in [-0.4, -0.2) is 86.1 Å². The molecule has 5 rings (SSSR count). The Labute approximate surface area is 212 Å². The van der Waals surface area contributed by atoms with Crippen molar-refractivity contribution in [1.82, 2.24) is 10.2 Å². The molecule has 0 unspecified atom stereocenters. The summed E-state index contributed by atoms with van der Waals surface area (Å²) >= 11 is 0. The van der Waals surface area contributed by atoms with E-state index in [-0.39, 0.29) is 43.0 Å². The lowest BCUT2D eigenvalue weighted by molar-refractivity contribution is -0.148. The van der Waals surface area contributed by atoms with Gasteiger partial charge in [0.15, 0.2) is 0 Å². The third-order valence-corrected chi connectivity index (χ3v) is 7.95. The number of amides is 2. The maximum Gasteiger partial charge on any atom is 0.230 e. The molecule has 1 aromatic rings. The zero-order valence-corrected chi connectivity index (χ0v) is 21.0. The number of nitrogens with one attached hydrogen (secondary N) is 2. The Hall–Kier alpha value is -2.20. The van der Waals surface area contributed by atoms with Crippen LogP contribution in [0.4, 0.5) is 5.69 Å². The second-order valence-corrected chi connectivity index (χ2v) is 10.5. The number of likely N-dealkylation sites (tertiary alicyclic amines) is 1. The van der Waals surface area contributed by atoms with Crippen molar-refractivity contribution in [1.29, 1.82) is 0 Å². The highest BCUT2D eigenvalue weighted by Gasteiger charge is 2.46. The molecule has 0 spiro atoms. The van der Waals surface area contributed by atoms with Gasteiger partial charge in [0.2, 0.25) is 11.8 Å². The second-order valence-electron chi connectivity index (χ2n) is 10.5. The van der Waals surface area contributed by atoms with E-state index in [0.717, 1.165) is 43.8 Å². The number of aliphatic hydroxyl groups is 1. The van der Waals surface area contributed by atoms with Crippen LogP contribution in [0.15, 0.2) is 18.2 Å². The minimum absolute atomic E-state index is 0.0577. The summed E-state index contributed by atoms with van der Waals surface area (Å²) in [6.45, 7) is 4.76. The Bertz CT molecular complexity index is 915. The summed E-state index contributed by atoms with van der Waals surface area (Å²) in [6.07, 6.45) is 5.13. The highest BCUT2D eigenvalue weighted by molar-refractivity contribution is 5.95. The number of fused-ring (bicyclic) bond motifs is 4. The van der Waals surface area contributed by atoms with Crippen LogP contribution >= 0.6 is 0 Å². The van der Waals surface area contributed by atoms with Crippen LogP contribution in [0, 0.1) is 5.92 Å². The van der Waals surface area contributed by atoms with Crippen LogP contribution in [0.3, 0.4) is 0 Å². The van der Waals surface area contributed by atoms with Crippen LogP contribution in [0.2, 0.25) is 0 Å². The number of nitrogens with zero attached hydrogens (tertiary/aromatic N) is 1. The molecule has 4 aliphatic heterocycles. The summed E-state index contributed by atoms with van der Waals surface area (Å²) in [5.41, 5.74) is 1.66. The molecule has 1 aromatic carbocycles. The van der Waals surface area contributed by atoms with Crippen molar-refractivity contribution in [2.24, 2.45) is 5.92 Å². The van der Waals surface area contributed by atoms with Crippen molar-refractivity contribution in [3.05, 3.63) is 23.8 Å². The first-order valence-electron chi connectivity index (χ1n) is 13.6. The quantitative estimate of drug-likeness (QED) is 0.500. The molecule has 9 heteroatoms. The number of piperidine rings is 1. The number of hydrogen-bond donors (Lipinski definition) is 3. The fourth-order valence-electron chi connectivity index (χ4n) is 6.07. The van der Waals surface area contributed by atoms with Crippen molar-refractivity contribution in [3.63, 3.8) is 0 Å². The minimum atomic E-state index is -0.680. The molecule has 3 N–H and O–H groups in total. The molecule has 4 atom stereocenters. The van der Waals surface area contributed by atoms with Gasteiger partial charge in [0.25, 0.3) is 0 Å². The molecule has 198 valence electrons. The molecule has 0 aliphatic carbocycles. The first-order valence-corrected chi connectivity index (χ1v) is 13.6. The molecular weight excluding hydrogens is 462 g/mol. The van der Waals surface area contributed by atoms with E-state index in [1.807, 2.05) is 18.2 Å². The number of anilines is 1. The van der Waals surface area contributed by atoms with E-state index < -0.39 is 12.0 Å². The molecule has 36 heavy (non-hydrogen) atoms. The Kier molecular flexibility index (Phi) is 8.41. The maximum atomic E-state index is 13.1. The SMILES string of the molecule is O=C(C[C@@H]1C[C@H]2c3cc(ccc3OC3CCOCC3)NC(=O)[C@H]2[C@@H](CO)O1)NCCN1CCCCC1. The zero-order valence-electron chi connectivity index (χ0n) is 21.0. The summed E-state index contributed by atoms with van der Waals surface area (Å²) in [6, 6.07) is 5.76. The lowest BCUT2D eigenvalue weighted by atomic mass is 9.76. The zero-order chi connectivity index (χ0) is 24.9. The molecule has 0 aromatic heterocycles. The van der Waals surface area contributed by atoms with Gasteiger partial charge >= 0.3 is 0 Å². The van der Waals surface area contributed by atoms with Gasteiger partial charge in [0.05, 0.1) is 44.4 Å². The molecule has 4 heterocycles. The van der Waals surface area contributed by atoms with Gasteiger partial charge in [-0.1, -0.05) is 6.42 Å². The highest BCUT2D eigenvalue weighted by atomic mass is 16.5. The summed E-state index contributed by atoms with van der Waals surface area (Å²) in [4.78, 5) is 28.3. The van der Waals surface area contributed by atoms with E-state index in [1.54, 1.807) is 0 Å². The lowest BCUT2D eigenvalue weighted by Gasteiger charge is -2.40. The van der Waals surface area contributed by atoms with Crippen LogP contribution in [0.5, 0.6) is 5.75 Å². The summed E-state index contributed by atoms with van der Waals surface area (Å²) < 4.78 is 18.0. The van der Waals surface area contributed by atoms with Gasteiger partial charge in [-0.2, -0.15) is 0 Å². The van der Waals surface area contributed by atoms with Crippen LogP contribution in [0.25, 0.3) is 0 Å². The van der Waals surface area contributed by atoms with E-state index in [9.17, 15) is 14.7 Å². The topological polar surface area (TPSA) is 109 Å². The molecule has 2 amide bonds. The standard InChI is InChI=1S/C27H39N3O6/c31-17-24-26-22(15-20(36-24)16-25(32)28-8-11-30-9-2-1-3-10-30)21-14-18(29-27(26)33)4-5-23(21)35-19-6-12-34-13-7-19/h4-5,14,19-20,22,24,26,31H,1-3,6-13,15-17H2,(H,28,32)(H,29,33)/t20-,22-,24+,26+/m0/s1. The number of rotatable bonds is 8. The number of carbonyl (C=O) groups excluding carboxylic acids is 2. The Morgan fingerprint density at radius 2 is 2.00 bits per heavy atom. The number of aliphatic hydroxyl groups excluding tert-OH is 1. The van der Waals surface area contributed by atoms with E-state index >= 15 is 0 Å². The smallest absolute Gasteiger partial charge is 0.230 e. The van der Waals surface area contributed by atoms with Gasteiger partial charge in [-0.25, -0.2) is 0 Å². The summed E-state index contributed by atoms with van der Waals surface area (Å²) in [5, 5.41) is 16.1. The van der Waals surface area contributed by atoms with E-state index in [0.29, 0.717) is 31.9 Å². The average Bonchev–Trinajstić information content (AvgIpc) is 3.00. The molecule has 0 saturated carbocycles. The molecule has 4 aliphatic rings. The number of hydrogen-bond acceptors (Lipinski definition) is 7. The van der Waals surface area contributed by atoms with Crippen molar-refractivity contribution >= 4 is 17.5 Å². The molecule has 0 radical (unpaired) electrons. The highest BCUT2D eigenvalue weighted by Crippen LogP contribution is 2.46. The van der Waals surface area contributed by atoms with Gasteiger partial charge < -0.3 is 34.9 Å². The summed E-state index contributed by atoms with van der Waals surface area (Å²) in [5.74, 6) is -0.218. The van der Waals surface area contributed by atoms with Gasteiger partial charge in [-0.05, 0) is 50.6 Å². The lowest BCUT2D eigenvalue weighted by Crippen LogP contribution is -2.48. The van der Waals surface area contributed by atoms with Crippen LogP contribution in [0.1, 0.15) is 56.4 Å². The van der Waals surface area contributed by atoms with Crippen molar-refractivity contribution in [2.45, 2.75) is 69.2 Å². The Morgan fingerprint density at radius 1 is 1.19 bits per heavy atom. The predicted octanol–water partition coefficient (Wildman–Crippen LogP) is 2.04. The predicted molar refractivity (Wildman–Crippen MR) is 134 cm³/mol. The van der Waals surface area contributed by atoms with Crippen molar-refractivity contribution in [2.75, 3.05) is 51.3 Å². The second kappa shape index (κ2) is 11.9. The van der Waals surface area contributed by atoms with Gasteiger partial charge in [0, 0.05) is 43.1 Å². The average molecular weight is 502 g/mol. The number of carbonyl (C=O) groups is 2. The number of ether oxygens (including phenoxy) is 3. The van der Waals surface area contributed by atoms with Gasteiger partial charge in [-0.15, -0.1) is 0 Å². The third kappa shape index (κ3) is 6.02. The van der Waals surface area contributed by atoms with Crippen molar-refractivity contribution < 1.29 is 28.9 Å². The molecule has 2 bridgehead atoms. The van der Waals surface area contributed by atoms with Gasteiger partial charge in [-0.3, -0.25) is 9.59 Å². The van der Waals surface area contributed by atoms with Crippen molar-refractivity contribution in [3.8, 4) is 5.75 Å². The fraction of sp³-hybridized carbons (Fsp3) is 0.704. The first-order chi connectivity index (χ1) is 17.6. The monoisotopic (exact) mass is 501 g/mol. The van der Waals surface area contributed by atoms with E-state index in [1.165, 1.54) is 19.3 Å². The Morgan fingerprint density at radius 3 is 2.78 bits per heavy atom. The van der Waals surface area contributed by atoms with E-state index in [2.05, 4.69) is 15.5 Å². The third-order valence-electron chi connectivity index (χ3n) is 7.95. The first kappa shape index (κ1) is 25.4. The summed E-state index contributed by atoms with van der Waals surface area (Å²) in [7, 11) is 0. The minimum Gasteiger partial charge on any atom is -0.490 e.